The molecule has 146 valence electrons. The predicted molar refractivity (Wildman–Crippen MR) is 80.3 cm³/mol. The van der Waals surface area contributed by atoms with Gasteiger partial charge >= 0.3 is 15.4 Å². The summed E-state index contributed by atoms with van der Waals surface area (Å²) in [5.41, 5.74) is 0. The summed E-state index contributed by atoms with van der Waals surface area (Å²) in [6.45, 7) is 7.67. The van der Waals surface area contributed by atoms with Crippen molar-refractivity contribution >= 4 is 20.2 Å². The van der Waals surface area contributed by atoms with Crippen molar-refractivity contribution < 1.29 is 44.2 Å². The van der Waals surface area contributed by atoms with Crippen LogP contribution in [0.3, 0.4) is 0 Å². The lowest BCUT2D eigenvalue weighted by Crippen LogP contribution is -2.35. The van der Waals surface area contributed by atoms with Crippen LogP contribution in [-0.2, 0) is 29.7 Å². The van der Waals surface area contributed by atoms with E-state index in [0.29, 0.717) is 0 Å². The van der Waals surface area contributed by atoms with Crippen molar-refractivity contribution in [2.24, 2.45) is 0 Å². The maximum Gasteiger partial charge on any atom is 0.385 e. The SMILES string of the molecule is C1COCCN1.C1COCCN1.O=S(=O)(O)CC(F)(F)S(=O)(=O)O. The van der Waals surface area contributed by atoms with Gasteiger partial charge in [-0.25, -0.2) is 0 Å². The van der Waals surface area contributed by atoms with Crippen LogP contribution in [0.25, 0.3) is 0 Å². The molecular weight excluding hydrogens is 378 g/mol. The zero-order valence-corrected chi connectivity index (χ0v) is 14.4. The molecule has 0 spiro atoms. The third-order valence-corrected chi connectivity index (χ3v) is 4.23. The highest BCUT2D eigenvalue weighted by Gasteiger charge is 2.47. The van der Waals surface area contributed by atoms with E-state index in [2.05, 4.69) is 10.6 Å². The molecule has 4 N–H and O–H groups in total. The van der Waals surface area contributed by atoms with Crippen LogP contribution in [-0.4, -0.2) is 89.6 Å². The molecule has 24 heavy (non-hydrogen) atoms. The van der Waals surface area contributed by atoms with Crippen molar-refractivity contribution in [2.75, 3.05) is 58.4 Å². The number of nitrogens with one attached hydrogen (secondary N) is 2. The zero-order valence-electron chi connectivity index (χ0n) is 12.8. The Bertz CT molecular complexity index is 498. The maximum absolute atomic E-state index is 12.0. The Balaban J connectivity index is 0.000000364. The first kappa shape index (κ1) is 23.5. The van der Waals surface area contributed by atoms with Crippen LogP contribution in [0.4, 0.5) is 8.78 Å². The molecule has 10 nitrogen and oxygen atoms in total. The molecule has 0 unspecified atom stereocenters. The summed E-state index contributed by atoms with van der Waals surface area (Å²) in [6, 6.07) is 0. The Morgan fingerprint density at radius 2 is 1.17 bits per heavy atom. The summed E-state index contributed by atoms with van der Waals surface area (Å²) in [4.78, 5) is 0. The van der Waals surface area contributed by atoms with E-state index in [1.54, 1.807) is 0 Å². The van der Waals surface area contributed by atoms with E-state index < -0.39 is 31.2 Å². The number of ether oxygens (including phenoxy) is 2. The Labute approximate surface area is 139 Å². The minimum Gasteiger partial charge on any atom is -0.379 e. The first-order chi connectivity index (χ1) is 11.0. The fraction of sp³-hybridized carbons (Fsp3) is 1.00. The van der Waals surface area contributed by atoms with Crippen LogP contribution >= 0.6 is 0 Å². The molecule has 2 saturated heterocycles. The van der Waals surface area contributed by atoms with Gasteiger partial charge in [0.25, 0.3) is 10.1 Å². The second-order valence-electron chi connectivity index (χ2n) is 4.56. The minimum absolute atomic E-state index is 0.889. The van der Waals surface area contributed by atoms with Crippen molar-refractivity contribution in [3.05, 3.63) is 0 Å². The lowest BCUT2D eigenvalue weighted by atomic mass is 10.5. The molecule has 0 aromatic heterocycles. The molecule has 2 rings (SSSR count). The quantitative estimate of drug-likeness (QED) is 0.415. The maximum atomic E-state index is 12.0. The monoisotopic (exact) mass is 400 g/mol. The largest absolute Gasteiger partial charge is 0.385 e. The molecule has 2 heterocycles. The second kappa shape index (κ2) is 11.2. The normalized spacial score (nSPS) is 19.3. The minimum atomic E-state index is -5.81. The number of rotatable bonds is 3. The van der Waals surface area contributed by atoms with Crippen molar-refractivity contribution in [1.82, 2.24) is 10.6 Å². The smallest absolute Gasteiger partial charge is 0.379 e. The van der Waals surface area contributed by atoms with Gasteiger partial charge in [-0.3, -0.25) is 9.11 Å². The summed E-state index contributed by atoms with van der Waals surface area (Å²) in [7, 11) is -11.0. The lowest BCUT2D eigenvalue weighted by Gasteiger charge is -2.10. The van der Waals surface area contributed by atoms with Gasteiger partial charge < -0.3 is 20.1 Å². The molecule has 0 atom stereocenters. The topological polar surface area (TPSA) is 151 Å². The Morgan fingerprint density at radius 1 is 0.833 bits per heavy atom. The lowest BCUT2D eigenvalue weighted by molar-refractivity contribution is 0.103. The highest BCUT2D eigenvalue weighted by Crippen LogP contribution is 2.21. The first-order valence-corrected chi connectivity index (χ1v) is 9.87. The van der Waals surface area contributed by atoms with Gasteiger partial charge in [0.15, 0.2) is 5.75 Å². The average Bonchev–Trinajstić information content (AvgIpc) is 2.48. The number of halogens is 2. The first-order valence-electron chi connectivity index (χ1n) is 6.83. The fourth-order valence-electron chi connectivity index (χ4n) is 1.32. The molecule has 0 aromatic rings. The van der Waals surface area contributed by atoms with Crippen molar-refractivity contribution in [3.63, 3.8) is 0 Å². The molecule has 0 bridgehead atoms. The molecule has 0 radical (unpaired) electrons. The van der Waals surface area contributed by atoms with E-state index in [4.69, 9.17) is 18.6 Å². The fourth-order valence-corrected chi connectivity index (χ4v) is 2.79. The van der Waals surface area contributed by atoms with Gasteiger partial charge in [0.05, 0.1) is 26.4 Å². The van der Waals surface area contributed by atoms with E-state index in [1.165, 1.54) is 0 Å². The molecule has 14 heteroatoms. The third kappa shape index (κ3) is 12.9. The van der Waals surface area contributed by atoms with Crippen LogP contribution in [0.2, 0.25) is 0 Å². The van der Waals surface area contributed by atoms with Crippen molar-refractivity contribution in [3.8, 4) is 0 Å². The molecular formula is C10H22F2N2O8S2. The summed E-state index contributed by atoms with van der Waals surface area (Å²) in [5, 5.41) is 1.43. The number of hydrogen-bond acceptors (Lipinski definition) is 8. The summed E-state index contributed by atoms with van der Waals surface area (Å²) >= 11 is 0. The third-order valence-electron chi connectivity index (χ3n) is 2.42. The standard InChI is InChI=1S/2C4H9NO.C2H4F2O6S2/c2*1-3-6-4-2-5-1;3-2(4,12(8,9)10)1-11(5,6)7/h2*5H,1-4H2;1H2,(H,5,6,7)(H,8,9,10). The number of morpholine rings is 2. The molecule has 0 amide bonds. The highest BCUT2D eigenvalue weighted by atomic mass is 32.2. The number of alkyl halides is 2. The van der Waals surface area contributed by atoms with Gasteiger partial charge in [-0.1, -0.05) is 0 Å². The average molecular weight is 400 g/mol. The van der Waals surface area contributed by atoms with Gasteiger partial charge in [-0.05, 0) is 0 Å². The van der Waals surface area contributed by atoms with E-state index in [0.717, 1.165) is 52.6 Å². The summed E-state index contributed by atoms with van der Waals surface area (Å²) in [6.07, 6.45) is 0. The Hall–Kier alpha value is -0.480. The molecule has 0 aliphatic carbocycles. The highest BCUT2D eigenvalue weighted by molar-refractivity contribution is 7.90. The van der Waals surface area contributed by atoms with Crippen molar-refractivity contribution in [2.45, 2.75) is 5.25 Å². The van der Waals surface area contributed by atoms with Gasteiger partial charge in [0.1, 0.15) is 0 Å². The van der Waals surface area contributed by atoms with E-state index >= 15 is 0 Å². The summed E-state index contributed by atoms with van der Waals surface area (Å²) in [5.74, 6) is -2.36. The van der Waals surface area contributed by atoms with Gasteiger partial charge in [0, 0.05) is 26.2 Å². The molecule has 2 fully saturated rings. The second-order valence-corrected chi connectivity index (χ2v) is 7.56. The van der Waals surface area contributed by atoms with Gasteiger partial charge in [0.2, 0.25) is 0 Å². The van der Waals surface area contributed by atoms with Crippen LogP contribution < -0.4 is 10.6 Å². The van der Waals surface area contributed by atoms with Gasteiger partial charge in [-0.2, -0.15) is 25.6 Å². The molecule has 0 saturated carbocycles. The summed E-state index contributed by atoms with van der Waals surface area (Å²) < 4.78 is 88.8. The van der Waals surface area contributed by atoms with Crippen LogP contribution in [0, 0.1) is 0 Å². The van der Waals surface area contributed by atoms with Crippen LogP contribution in [0.1, 0.15) is 0 Å². The Kier molecular flexibility index (Phi) is 11.0. The van der Waals surface area contributed by atoms with Crippen LogP contribution in [0.5, 0.6) is 0 Å². The molecule has 0 aromatic carbocycles. The van der Waals surface area contributed by atoms with E-state index in [9.17, 15) is 25.6 Å². The van der Waals surface area contributed by atoms with E-state index in [1.807, 2.05) is 0 Å². The van der Waals surface area contributed by atoms with Crippen LogP contribution in [0.15, 0.2) is 0 Å². The molecule has 2 aliphatic heterocycles. The predicted octanol–water partition coefficient (Wildman–Crippen LogP) is -1.43. The van der Waals surface area contributed by atoms with Gasteiger partial charge in [-0.15, -0.1) is 0 Å². The Morgan fingerprint density at radius 3 is 1.25 bits per heavy atom. The molecule has 2 aliphatic rings. The van der Waals surface area contributed by atoms with E-state index in [-0.39, 0.29) is 0 Å². The van der Waals surface area contributed by atoms with Crippen molar-refractivity contribution in [1.29, 1.82) is 0 Å². The number of hydrogen-bond donors (Lipinski definition) is 4. The zero-order chi connectivity index (χ0) is 18.7.